The largest absolute Gasteiger partial charge is 0.493 e. The lowest BCUT2D eigenvalue weighted by Crippen LogP contribution is -2.20. The number of carbonyl (C=O) groups is 1. The van der Waals surface area contributed by atoms with Gasteiger partial charge >= 0.3 is 12.2 Å². The second-order valence-corrected chi connectivity index (χ2v) is 5.54. The minimum absolute atomic E-state index is 0.104. The Morgan fingerprint density at radius 3 is 2.64 bits per heavy atom. The smallest absolute Gasteiger partial charge is 0.387 e. The molecule has 1 heterocycles. The molecule has 0 aliphatic heterocycles. The molecule has 0 saturated carbocycles. The summed E-state index contributed by atoms with van der Waals surface area (Å²) >= 11 is 0. The molecule has 3 aromatic rings. The van der Waals surface area contributed by atoms with E-state index in [0.717, 1.165) is 0 Å². The van der Waals surface area contributed by atoms with E-state index in [9.17, 15) is 18.4 Å². The van der Waals surface area contributed by atoms with Gasteiger partial charge in [-0.2, -0.15) is 8.78 Å². The summed E-state index contributed by atoms with van der Waals surface area (Å²) in [4.78, 5) is 23.3. The fraction of sp³-hybridized carbons (Fsp3) is 0.158. The molecule has 7 nitrogen and oxygen atoms in total. The van der Waals surface area contributed by atoms with Crippen LogP contribution in [0.25, 0.3) is 11.0 Å². The normalized spacial score (nSPS) is 10.7. The van der Waals surface area contributed by atoms with Gasteiger partial charge in [-0.3, -0.25) is 4.79 Å². The molecule has 1 N–H and O–H groups in total. The van der Waals surface area contributed by atoms with Crippen LogP contribution in [0, 0.1) is 0 Å². The standard InChI is InChI=1S/C19H15F2NO6/c1-25-14-6-4-12(8-16(14)28-19(20)21)22-17(23)10-26-13-5-2-11-3-7-18(24)27-15(11)9-13/h2-9,19H,10H2,1H3,(H,22,23). The van der Waals surface area contributed by atoms with Crippen LogP contribution < -0.4 is 25.2 Å². The van der Waals surface area contributed by atoms with Crippen molar-refractivity contribution in [2.24, 2.45) is 0 Å². The van der Waals surface area contributed by atoms with Crippen LogP contribution in [-0.2, 0) is 4.79 Å². The number of alkyl halides is 2. The number of amides is 1. The zero-order valence-electron chi connectivity index (χ0n) is 14.6. The van der Waals surface area contributed by atoms with E-state index < -0.39 is 18.1 Å². The maximum Gasteiger partial charge on any atom is 0.387 e. The van der Waals surface area contributed by atoms with E-state index in [-0.39, 0.29) is 23.8 Å². The Hall–Kier alpha value is -3.62. The molecule has 146 valence electrons. The first-order valence-corrected chi connectivity index (χ1v) is 8.04. The number of carbonyl (C=O) groups excluding carboxylic acids is 1. The van der Waals surface area contributed by atoms with E-state index >= 15 is 0 Å². The first-order chi connectivity index (χ1) is 13.4. The molecule has 9 heteroatoms. The first kappa shape index (κ1) is 19.2. The second kappa shape index (κ2) is 8.38. The van der Waals surface area contributed by atoms with Crippen molar-refractivity contribution in [2.75, 3.05) is 19.0 Å². The lowest BCUT2D eigenvalue weighted by molar-refractivity contribution is -0.118. The number of rotatable bonds is 7. The minimum atomic E-state index is -3.03. The molecule has 0 saturated heterocycles. The molecule has 0 aliphatic carbocycles. The predicted octanol–water partition coefficient (Wildman–Crippen LogP) is 3.42. The molecule has 1 aromatic heterocycles. The summed E-state index contributed by atoms with van der Waals surface area (Å²) in [6.07, 6.45) is 0. The van der Waals surface area contributed by atoms with Crippen molar-refractivity contribution in [1.29, 1.82) is 0 Å². The fourth-order valence-electron chi connectivity index (χ4n) is 2.42. The zero-order valence-corrected chi connectivity index (χ0v) is 14.6. The molecular weight excluding hydrogens is 376 g/mol. The highest BCUT2D eigenvalue weighted by Gasteiger charge is 2.13. The number of halogens is 2. The van der Waals surface area contributed by atoms with Crippen LogP contribution in [0.5, 0.6) is 17.2 Å². The molecule has 0 unspecified atom stereocenters. The maximum atomic E-state index is 12.5. The summed E-state index contributed by atoms with van der Waals surface area (Å²) in [5.74, 6) is -0.302. The molecule has 28 heavy (non-hydrogen) atoms. The third-order valence-electron chi connectivity index (χ3n) is 3.63. The SMILES string of the molecule is COc1ccc(NC(=O)COc2ccc3ccc(=O)oc3c2)cc1OC(F)F. The third kappa shape index (κ3) is 4.76. The van der Waals surface area contributed by atoms with Gasteiger partial charge in [0, 0.05) is 29.3 Å². The van der Waals surface area contributed by atoms with Crippen LogP contribution in [-0.4, -0.2) is 26.2 Å². The van der Waals surface area contributed by atoms with Crippen molar-refractivity contribution < 1.29 is 32.2 Å². The van der Waals surface area contributed by atoms with E-state index in [1.54, 1.807) is 18.2 Å². The summed E-state index contributed by atoms with van der Waals surface area (Å²) in [5, 5.41) is 3.22. The Morgan fingerprint density at radius 1 is 1.11 bits per heavy atom. The molecule has 2 aromatic carbocycles. The Kier molecular flexibility index (Phi) is 5.73. The maximum absolute atomic E-state index is 12.5. The van der Waals surface area contributed by atoms with Crippen molar-refractivity contribution in [1.82, 2.24) is 0 Å². The summed E-state index contributed by atoms with van der Waals surface area (Å²) in [5.41, 5.74) is 0.0626. The number of hydrogen-bond donors (Lipinski definition) is 1. The Morgan fingerprint density at radius 2 is 1.89 bits per heavy atom. The highest BCUT2D eigenvalue weighted by Crippen LogP contribution is 2.31. The summed E-state index contributed by atoms with van der Waals surface area (Å²) in [6.45, 7) is -3.38. The van der Waals surface area contributed by atoms with Gasteiger partial charge < -0.3 is 23.9 Å². The topological polar surface area (TPSA) is 87.0 Å². The van der Waals surface area contributed by atoms with Gasteiger partial charge in [-0.25, -0.2) is 4.79 Å². The molecule has 0 atom stereocenters. The van der Waals surface area contributed by atoms with Gasteiger partial charge in [-0.1, -0.05) is 0 Å². The molecule has 0 fully saturated rings. The van der Waals surface area contributed by atoms with Crippen molar-refractivity contribution >= 4 is 22.6 Å². The van der Waals surface area contributed by atoms with Gasteiger partial charge in [0.1, 0.15) is 11.3 Å². The van der Waals surface area contributed by atoms with Gasteiger partial charge in [0.05, 0.1) is 7.11 Å². The molecule has 0 radical (unpaired) electrons. The molecule has 0 bridgehead atoms. The summed E-state index contributed by atoms with van der Waals surface area (Å²) in [6, 6.07) is 11.8. The van der Waals surface area contributed by atoms with E-state index in [4.69, 9.17) is 13.9 Å². The summed E-state index contributed by atoms with van der Waals surface area (Å²) < 4.78 is 44.6. The minimum Gasteiger partial charge on any atom is -0.493 e. The van der Waals surface area contributed by atoms with Gasteiger partial charge in [-0.15, -0.1) is 0 Å². The number of ether oxygens (including phenoxy) is 3. The third-order valence-corrected chi connectivity index (χ3v) is 3.63. The number of fused-ring (bicyclic) bond motifs is 1. The van der Waals surface area contributed by atoms with Gasteiger partial charge in [0.25, 0.3) is 5.91 Å². The Labute approximate surface area is 157 Å². The lowest BCUT2D eigenvalue weighted by atomic mass is 10.2. The quantitative estimate of drug-likeness (QED) is 0.621. The summed E-state index contributed by atoms with van der Waals surface area (Å²) in [7, 11) is 1.31. The van der Waals surface area contributed by atoms with Crippen LogP contribution in [0.3, 0.4) is 0 Å². The van der Waals surface area contributed by atoms with E-state index in [1.807, 2.05) is 0 Å². The molecule has 1 amide bonds. The average Bonchev–Trinajstić information content (AvgIpc) is 2.66. The number of nitrogens with one attached hydrogen (secondary N) is 1. The zero-order chi connectivity index (χ0) is 20.1. The van der Waals surface area contributed by atoms with E-state index in [0.29, 0.717) is 16.7 Å². The highest BCUT2D eigenvalue weighted by molar-refractivity contribution is 5.92. The van der Waals surface area contributed by atoms with Crippen LogP contribution >= 0.6 is 0 Å². The van der Waals surface area contributed by atoms with Crippen LogP contribution in [0.4, 0.5) is 14.5 Å². The van der Waals surface area contributed by atoms with Crippen LogP contribution in [0.15, 0.2) is 57.7 Å². The van der Waals surface area contributed by atoms with Gasteiger partial charge in [0.15, 0.2) is 18.1 Å². The highest BCUT2D eigenvalue weighted by atomic mass is 19.3. The number of benzene rings is 2. The van der Waals surface area contributed by atoms with Gasteiger partial charge in [-0.05, 0) is 30.3 Å². The van der Waals surface area contributed by atoms with E-state index in [1.165, 1.54) is 37.4 Å². The molecular formula is C19H15F2NO6. The number of methoxy groups -OCH3 is 1. The first-order valence-electron chi connectivity index (χ1n) is 8.04. The monoisotopic (exact) mass is 391 g/mol. The van der Waals surface area contributed by atoms with Crippen molar-refractivity contribution in [2.45, 2.75) is 6.61 Å². The van der Waals surface area contributed by atoms with Crippen molar-refractivity contribution in [3.63, 3.8) is 0 Å². The van der Waals surface area contributed by atoms with Crippen molar-refractivity contribution in [3.8, 4) is 17.2 Å². The average molecular weight is 391 g/mol. The van der Waals surface area contributed by atoms with Crippen molar-refractivity contribution in [3.05, 3.63) is 59.0 Å². The number of anilines is 1. The lowest BCUT2D eigenvalue weighted by Gasteiger charge is -2.12. The van der Waals surface area contributed by atoms with Crippen LogP contribution in [0.2, 0.25) is 0 Å². The molecule has 0 spiro atoms. The predicted molar refractivity (Wildman–Crippen MR) is 96.2 cm³/mol. The Balaban J connectivity index is 1.65. The molecule has 3 rings (SSSR count). The second-order valence-electron chi connectivity index (χ2n) is 5.54. The number of hydrogen-bond acceptors (Lipinski definition) is 6. The van der Waals surface area contributed by atoms with Gasteiger partial charge in [0.2, 0.25) is 0 Å². The van der Waals surface area contributed by atoms with E-state index in [2.05, 4.69) is 10.1 Å². The van der Waals surface area contributed by atoms with Crippen LogP contribution in [0.1, 0.15) is 0 Å². The fourth-order valence-corrected chi connectivity index (χ4v) is 2.42. The Bertz CT molecular complexity index is 1050. The molecule has 0 aliphatic rings.